The monoisotopic (exact) mass is 268 g/mol. The van der Waals surface area contributed by atoms with E-state index in [0.717, 1.165) is 26.2 Å². The van der Waals surface area contributed by atoms with Crippen LogP contribution in [0.25, 0.3) is 0 Å². The van der Waals surface area contributed by atoms with Gasteiger partial charge < -0.3 is 10.2 Å². The number of nitrogens with one attached hydrogen (secondary N) is 1. The van der Waals surface area contributed by atoms with Gasteiger partial charge in [0.2, 0.25) is 0 Å². The van der Waals surface area contributed by atoms with Crippen molar-refractivity contribution in [1.29, 1.82) is 0 Å². The Morgan fingerprint density at radius 3 is 2.40 bits per heavy atom. The lowest BCUT2D eigenvalue weighted by molar-refractivity contribution is 0.587. The molecule has 0 atom stereocenters. The molecule has 0 aromatic heterocycles. The van der Waals surface area contributed by atoms with Crippen LogP contribution in [0.3, 0.4) is 0 Å². The maximum absolute atomic E-state index is 3.70. The van der Waals surface area contributed by atoms with Crippen LogP contribution in [0.4, 0.5) is 5.69 Å². The first-order valence-corrected chi connectivity index (χ1v) is 6.21. The Balaban J connectivity index is 2.36. The van der Waals surface area contributed by atoms with E-state index in [2.05, 4.69) is 52.1 Å². The first-order chi connectivity index (χ1) is 7.20. The molecule has 0 unspecified atom stereocenters. The molecule has 0 bridgehead atoms. The van der Waals surface area contributed by atoms with Crippen molar-refractivity contribution in [3.63, 3.8) is 0 Å². The molecule has 3 heteroatoms. The Labute approximate surface area is 99.8 Å². The van der Waals surface area contributed by atoms with Crippen LogP contribution in [0, 0.1) is 13.8 Å². The van der Waals surface area contributed by atoms with E-state index in [4.69, 9.17) is 0 Å². The highest BCUT2D eigenvalue weighted by Crippen LogP contribution is 2.32. The Kier molecular flexibility index (Phi) is 3.32. The third-order valence-electron chi connectivity index (χ3n) is 2.94. The summed E-state index contributed by atoms with van der Waals surface area (Å²) in [6.45, 7) is 8.70. The lowest BCUT2D eigenvalue weighted by Crippen LogP contribution is -2.44. The maximum atomic E-state index is 3.70. The van der Waals surface area contributed by atoms with Gasteiger partial charge in [0.15, 0.2) is 0 Å². The first kappa shape index (κ1) is 11.0. The summed E-state index contributed by atoms with van der Waals surface area (Å²) in [5.74, 6) is 0. The first-order valence-electron chi connectivity index (χ1n) is 5.41. The van der Waals surface area contributed by atoms with E-state index in [1.54, 1.807) is 0 Å². The van der Waals surface area contributed by atoms with E-state index < -0.39 is 0 Å². The van der Waals surface area contributed by atoms with Crippen LogP contribution in [0.1, 0.15) is 11.1 Å². The van der Waals surface area contributed by atoms with Gasteiger partial charge in [0.05, 0.1) is 5.69 Å². The van der Waals surface area contributed by atoms with E-state index in [-0.39, 0.29) is 0 Å². The number of rotatable bonds is 1. The van der Waals surface area contributed by atoms with Gasteiger partial charge in [0, 0.05) is 30.7 Å². The molecule has 0 amide bonds. The number of nitrogens with zero attached hydrogens (tertiary/aromatic N) is 1. The van der Waals surface area contributed by atoms with Crippen molar-refractivity contribution >= 4 is 21.6 Å². The van der Waals surface area contributed by atoms with E-state index in [9.17, 15) is 0 Å². The molecule has 1 N–H and O–H groups in total. The smallest absolute Gasteiger partial charge is 0.0543 e. The van der Waals surface area contributed by atoms with Crippen LogP contribution in [-0.4, -0.2) is 26.2 Å². The van der Waals surface area contributed by atoms with Gasteiger partial charge in [-0.1, -0.05) is 12.1 Å². The van der Waals surface area contributed by atoms with Gasteiger partial charge in [-0.05, 0) is 40.9 Å². The van der Waals surface area contributed by atoms with Crippen molar-refractivity contribution < 1.29 is 0 Å². The van der Waals surface area contributed by atoms with Crippen LogP contribution in [0.2, 0.25) is 0 Å². The molecule has 1 aromatic rings. The highest BCUT2D eigenvalue weighted by Gasteiger charge is 2.16. The Morgan fingerprint density at radius 2 is 1.73 bits per heavy atom. The van der Waals surface area contributed by atoms with E-state index >= 15 is 0 Å². The van der Waals surface area contributed by atoms with E-state index in [1.807, 2.05) is 0 Å². The molecule has 15 heavy (non-hydrogen) atoms. The topological polar surface area (TPSA) is 15.3 Å². The van der Waals surface area contributed by atoms with E-state index in [1.165, 1.54) is 21.3 Å². The van der Waals surface area contributed by atoms with E-state index in [0.29, 0.717) is 0 Å². The highest BCUT2D eigenvalue weighted by atomic mass is 79.9. The Hall–Kier alpha value is -0.540. The average molecular weight is 269 g/mol. The van der Waals surface area contributed by atoms with Gasteiger partial charge in [0.25, 0.3) is 0 Å². The Morgan fingerprint density at radius 1 is 1.13 bits per heavy atom. The van der Waals surface area contributed by atoms with Crippen LogP contribution in [0.15, 0.2) is 16.6 Å². The second kappa shape index (κ2) is 4.54. The standard InChI is InChI=1S/C12H17BrN2/c1-9-3-4-10(2)12(11(9)13)15-7-5-14-6-8-15/h3-4,14H,5-8H2,1-2H3. The minimum Gasteiger partial charge on any atom is -0.368 e. The van der Waals surface area contributed by atoms with Crippen molar-refractivity contribution in [1.82, 2.24) is 5.32 Å². The zero-order valence-corrected chi connectivity index (χ0v) is 10.9. The summed E-state index contributed by atoms with van der Waals surface area (Å²) in [6, 6.07) is 4.38. The molecule has 2 rings (SSSR count). The Bertz CT molecular complexity index is 357. The molecule has 1 aliphatic rings. The van der Waals surface area contributed by atoms with Gasteiger partial charge in [-0.2, -0.15) is 0 Å². The maximum Gasteiger partial charge on any atom is 0.0543 e. The van der Waals surface area contributed by atoms with Crippen molar-refractivity contribution in [2.24, 2.45) is 0 Å². The number of anilines is 1. The van der Waals surface area contributed by atoms with Crippen molar-refractivity contribution in [2.75, 3.05) is 31.1 Å². The predicted molar refractivity (Wildman–Crippen MR) is 68.7 cm³/mol. The molecular formula is C12H17BrN2. The lowest BCUT2D eigenvalue weighted by atomic mass is 10.1. The summed E-state index contributed by atoms with van der Waals surface area (Å²) in [5.41, 5.74) is 4.04. The van der Waals surface area contributed by atoms with Gasteiger partial charge in [0.1, 0.15) is 0 Å². The minimum atomic E-state index is 1.08. The molecule has 0 radical (unpaired) electrons. The van der Waals surface area contributed by atoms with Crippen LogP contribution < -0.4 is 10.2 Å². The number of halogens is 1. The molecule has 1 heterocycles. The molecule has 0 aliphatic carbocycles. The van der Waals surface area contributed by atoms with Gasteiger partial charge in [-0.3, -0.25) is 0 Å². The molecule has 82 valence electrons. The fraction of sp³-hybridized carbons (Fsp3) is 0.500. The second-order valence-corrected chi connectivity index (χ2v) is 4.89. The summed E-state index contributed by atoms with van der Waals surface area (Å²) >= 11 is 3.70. The summed E-state index contributed by atoms with van der Waals surface area (Å²) < 4.78 is 1.25. The average Bonchev–Trinajstić information content (AvgIpc) is 2.26. The molecule has 2 nitrogen and oxygen atoms in total. The zero-order chi connectivity index (χ0) is 10.8. The number of benzene rings is 1. The SMILES string of the molecule is Cc1ccc(C)c(N2CCNCC2)c1Br. The van der Waals surface area contributed by atoms with Crippen molar-refractivity contribution in [3.8, 4) is 0 Å². The van der Waals surface area contributed by atoms with Gasteiger partial charge in [-0.15, -0.1) is 0 Å². The highest BCUT2D eigenvalue weighted by molar-refractivity contribution is 9.10. The van der Waals surface area contributed by atoms with Crippen LogP contribution >= 0.6 is 15.9 Å². The number of hydrogen-bond acceptors (Lipinski definition) is 2. The molecule has 1 fully saturated rings. The number of piperazine rings is 1. The van der Waals surface area contributed by atoms with Crippen molar-refractivity contribution in [2.45, 2.75) is 13.8 Å². The van der Waals surface area contributed by atoms with Gasteiger partial charge >= 0.3 is 0 Å². The second-order valence-electron chi connectivity index (χ2n) is 4.10. The quantitative estimate of drug-likeness (QED) is 0.842. The number of aryl methyl sites for hydroxylation is 2. The van der Waals surface area contributed by atoms with Crippen molar-refractivity contribution in [3.05, 3.63) is 27.7 Å². The minimum absolute atomic E-state index is 1.08. The lowest BCUT2D eigenvalue weighted by Gasteiger charge is -2.32. The molecule has 0 spiro atoms. The number of hydrogen-bond donors (Lipinski definition) is 1. The molecule has 1 aromatic carbocycles. The predicted octanol–water partition coefficient (Wildman–Crippen LogP) is 2.48. The summed E-state index contributed by atoms with van der Waals surface area (Å²) in [6.07, 6.45) is 0. The normalized spacial score (nSPS) is 16.9. The molecule has 0 saturated carbocycles. The zero-order valence-electron chi connectivity index (χ0n) is 9.31. The van der Waals surface area contributed by atoms with Gasteiger partial charge in [-0.25, -0.2) is 0 Å². The fourth-order valence-electron chi connectivity index (χ4n) is 2.04. The summed E-state index contributed by atoms with van der Waals surface area (Å²) in [5, 5.41) is 3.38. The molecular weight excluding hydrogens is 252 g/mol. The fourth-order valence-corrected chi connectivity index (χ4v) is 2.73. The van der Waals surface area contributed by atoms with Crippen LogP contribution in [0.5, 0.6) is 0 Å². The van der Waals surface area contributed by atoms with Crippen LogP contribution in [-0.2, 0) is 0 Å². The third kappa shape index (κ3) is 2.18. The molecule has 1 aliphatic heterocycles. The largest absolute Gasteiger partial charge is 0.368 e. The third-order valence-corrected chi connectivity index (χ3v) is 3.95. The molecule has 1 saturated heterocycles. The summed E-state index contributed by atoms with van der Waals surface area (Å²) in [7, 11) is 0. The summed E-state index contributed by atoms with van der Waals surface area (Å²) in [4.78, 5) is 2.46.